The van der Waals surface area contributed by atoms with Crippen LogP contribution >= 0.6 is 0 Å². The van der Waals surface area contributed by atoms with Crippen molar-refractivity contribution < 1.29 is 22.7 Å². The molecule has 2 heterocycles. The monoisotopic (exact) mass is 409 g/mol. The summed E-state index contributed by atoms with van der Waals surface area (Å²) >= 11 is 0. The summed E-state index contributed by atoms with van der Waals surface area (Å²) in [6.45, 7) is 6.28. The first-order valence-corrected chi connectivity index (χ1v) is 11.1. The number of morpholine rings is 1. The first-order chi connectivity index (χ1) is 13.5. The second-order valence-electron chi connectivity index (χ2n) is 6.76. The van der Waals surface area contributed by atoms with Gasteiger partial charge < -0.3 is 14.0 Å². The highest BCUT2D eigenvalue weighted by molar-refractivity contribution is 7.89. The van der Waals surface area contributed by atoms with Gasteiger partial charge in [-0.1, -0.05) is 13.8 Å². The predicted molar refractivity (Wildman–Crippen MR) is 104 cm³/mol. The second kappa shape index (κ2) is 9.02. The first kappa shape index (κ1) is 20.8. The minimum Gasteiger partial charge on any atom is -0.458 e. The molecule has 1 aliphatic heterocycles. The van der Waals surface area contributed by atoms with Crippen LogP contribution in [0.3, 0.4) is 0 Å². The molecule has 0 aliphatic carbocycles. The number of rotatable bonds is 8. The Morgan fingerprint density at radius 3 is 2.64 bits per heavy atom. The zero-order valence-electron chi connectivity index (χ0n) is 16.4. The number of sulfonamides is 1. The third kappa shape index (κ3) is 4.37. The lowest BCUT2D eigenvalue weighted by atomic mass is 10.3. The molecule has 0 saturated carbocycles. The summed E-state index contributed by atoms with van der Waals surface area (Å²) in [6, 6.07) is 5.00. The molecule has 154 valence electrons. The van der Waals surface area contributed by atoms with Gasteiger partial charge in [0.05, 0.1) is 29.1 Å². The van der Waals surface area contributed by atoms with E-state index in [-0.39, 0.29) is 17.5 Å². The summed E-state index contributed by atoms with van der Waals surface area (Å²) in [4.78, 5) is 16.5. The van der Waals surface area contributed by atoms with Crippen LogP contribution in [0.15, 0.2) is 23.1 Å². The number of ether oxygens (including phenoxy) is 2. The summed E-state index contributed by atoms with van der Waals surface area (Å²) in [5.74, 6) is 0.371. The van der Waals surface area contributed by atoms with E-state index in [9.17, 15) is 13.2 Å². The maximum atomic E-state index is 12.9. The third-order valence-electron chi connectivity index (χ3n) is 4.67. The topological polar surface area (TPSA) is 90.7 Å². The fourth-order valence-corrected chi connectivity index (χ4v) is 4.69. The number of aromatic nitrogens is 2. The van der Waals surface area contributed by atoms with Crippen molar-refractivity contribution in [2.45, 2.75) is 51.2 Å². The molecule has 1 aromatic heterocycles. The van der Waals surface area contributed by atoms with Gasteiger partial charge in [0.25, 0.3) is 0 Å². The number of hydrogen-bond acceptors (Lipinski definition) is 6. The molecule has 9 heteroatoms. The van der Waals surface area contributed by atoms with Crippen LogP contribution in [0.4, 0.5) is 0 Å². The smallest absolute Gasteiger partial charge is 0.306 e. The van der Waals surface area contributed by atoms with Gasteiger partial charge in [0, 0.05) is 26.1 Å². The highest BCUT2D eigenvalue weighted by atomic mass is 32.2. The normalized spacial score (nSPS) is 15.8. The minimum absolute atomic E-state index is 0.0824. The number of nitrogens with zero attached hydrogens (tertiary/aromatic N) is 3. The van der Waals surface area contributed by atoms with Crippen LogP contribution in [0, 0.1) is 0 Å². The number of fused-ring (bicyclic) bond motifs is 1. The molecule has 0 bridgehead atoms. The van der Waals surface area contributed by atoms with E-state index in [2.05, 4.69) is 11.9 Å². The average molecular weight is 410 g/mol. The van der Waals surface area contributed by atoms with E-state index in [1.165, 1.54) is 4.31 Å². The van der Waals surface area contributed by atoms with Crippen LogP contribution in [0.25, 0.3) is 11.0 Å². The van der Waals surface area contributed by atoms with Crippen LogP contribution in [0.1, 0.15) is 38.9 Å². The van der Waals surface area contributed by atoms with Crippen molar-refractivity contribution in [2.24, 2.45) is 0 Å². The Balaban J connectivity index is 1.91. The molecule has 0 atom stereocenters. The number of benzene rings is 1. The van der Waals surface area contributed by atoms with Gasteiger partial charge in [0.2, 0.25) is 10.0 Å². The molecular formula is C19H27N3O5S. The van der Waals surface area contributed by atoms with Crippen molar-refractivity contribution in [3.63, 3.8) is 0 Å². The number of imidazole rings is 1. The third-order valence-corrected chi connectivity index (χ3v) is 6.56. The SMILES string of the molecule is CCCC(=O)OCc1nc2cc(S(=O)(=O)N3CCOCC3)ccc2n1CCC. The van der Waals surface area contributed by atoms with Crippen LogP contribution in [0.2, 0.25) is 0 Å². The predicted octanol–water partition coefficient (Wildman–Crippen LogP) is 2.31. The van der Waals surface area contributed by atoms with E-state index in [4.69, 9.17) is 9.47 Å². The summed E-state index contributed by atoms with van der Waals surface area (Å²) in [5, 5.41) is 0. The van der Waals surface area contributed by atoms with Crippen LogP contribution in [-0.4, -0.2) is 54.5 Å². The molecule has 0 radical (unpaired) electrons. The lowest BCUT2D eigenvalue weighted by Crippen LogP contribution is -2.40. The second-order valence-corrected chi connectivity index (χ2v) is 8.70. The Morgan fingerprint density at radius 1 is 1.21 bits per heavy atom. The minimum atomic E-state index is -3.58. The maximum Gasteiger partial charge on any atom is 0.306 e. The molecule has 1 aromatic carbocycles. The highest BCUT2D eigenvalue weighted by Gasteiger charge is 2.27. The zero-order valence-corrected chi connectivity index (χ0v) is 17.2. The molecular weight excluding hydrogens is 382 g/mol. The highest BCUT2D eigenvalue weighted by Crippen LogP contribution is 2.24. The molecule has 0 unspecified atom stereocenters. The number of carbonyl (C=O) groups is 1. The first-order valence-electron chi connectivity index (χ1n) is 9.70. The fourth-order valence-electron chi connectivity index (χ4n) is 3.26. The molecule has 0 N–H and O–H groups in total. The Hall–Kier alpha value is -1.97. The standard InChI is InChI=1S/C19H27N3O5S/c1-3-5-19(23)27-14-18-20-16-13-15(6-7-17(16)22(18)8-4-2)28(24,25)21-9-11-26-12-10-21/h6-7,13H,3-5,8-12,14H2,1-2H3. The van der Waals surface area contributed by atoms with Gasteiger partial charge in [0.15, 0.2) is 0 Å². The molecule has 1 saturated heterocycles. The summed E-state index contributed by atoms with van der Waals surface area (Å²) in [5.41, 5.74) is 1.42. The van der Waals surface area contributed by atoms with E-state index in [0.29, 0.717) is 50.6 Å². The van der Waals surface area contributed by atoms with Crippen LogP contribution in [0.5, 0.6) is 0 Å². The average Bonchev–Trinajstić information content (AvgIpc) is 3.04. The number of carbonyl (C=O) groups excluding carboxylic acids is 1. The molecule has 1 fully saturated rings. The number of esters is 1. The van der Waals surface area contributed by atoms with Gasteiger partial charge in [-0.15, -0.1) is 0 Å². The van der Waals surface area contributed by atoms with Gasteiger partial charge in [-0.05, 0) is 31.0 Å². The molecule has 0 amide bonds. The summed E-state index contributed by atoms with van der Waals surface area (Å²) in [6.07, 6.45) is 1.98. The van der Waals surface area contributed by atoms with Gasteiger partial charge >= 0.3 is 5.97 Å². The van der Waals surface area contributed by atoms with Crippen LogP contribution < -0.4 is 0 Å². The van der Waals surface area contributed by atoms with E-state index in [1.807, 2.05) is 11.5 Å². The molecule has 1 aliphatic rings. The van der Waals surface area contributed by atoms with Gasteiger partial charge in [0.1, 0.15) is 12.4 Å². The molecule has 3 rings (SSSR count). The van der Waals surface area contributed by atoms with Crippen molar-refractivity contribution in [3.8, 4) is 0 Å². The quantitative estimate of drug-likeness (QED) is 0.622. The van der Waals surface area contributed by atoms with E-state index in [1.54, 1.807) is 18.2 Å². The van der Waals surface area contributed by atoms with Crippen molar-refractivity contribution in [1.29, 1.82) is 0 Å². The summed E-state index contributed by atoms with van der Waals surface area (Å²) < 4.78 is 39.8. The molecule has 0 spiro atoms. The van der Waals surface area contributed by atoms with Crippen molar-refractivity contribution in [2.75, 3.05) is 26.3 Å². The van der Waals surface area contributed by atoms with Crippen molar-refractivity contribution >= 4 is 27.0 Å². The number of aryl methyl sites for hydroxylation is 1. The van der Waals surface area contributed by atoms with E-state index >= 15 is 0 Å². The Labute approximate surface area is 165 Å². The van der Waals surface area contributed by atoms with Crippen molar-refractivity contribution in [1.82, 2.24) is 13.9 Å². The van der Waals surface area contributed by atoms with Gasteiger partial charge in [-0.2, -0.15) is 4.31 Å². The molecule has 8 nitrogen and oxygen atoms in total. The molecule has 2 aromatic rings. The summed E-state index contributed by atoms with van der Waals surface area (Å²) in [7, 11) is -3.58. The lowest BCUT2D eigenvalue weighted by Gasteiger charge is -2.26. The Morgan fingerprint density at radius 2 is 1.96 bits per heavy atom. The van der Waals surface area contributed by atoms with Gasteiger partial charge in [-0.3, -0.25) is 4.79 Å². The zero-order chi connectivity index (χ0) is 20.1. The van der Waals surface area contributed by atoms with Crippen molar-refractivity contribution in [3.05, 3.63) is 24.0 Å². The van der Waals surface area contributed by atoms with E-state index < -0.39 is 10.0 Å². The van der Waals surface area contributed by atoms with Gasteiger partial charge in [-0.25, -0.2) is 13.4 Å². The van der Waals surface area contributed by atoms with Crippen LogP contribution in [-0.2, 0) is 37.4 Å². The van der Waals surface area contributed by atoms with E-state index in [0.717, 1.165) is 18.4 Å². The Bertz CT molecular complexity index is 932. The number of hydrogen-bond donors (Lipinski definition) is 0. The maximum absolute atomic E-state index is 12.9. The Kier molecular flexibility index (Phi) is 6.69. The fraction of sp³-hybridized carbons (Fsp3) is 0.579. The largest absolute Gasteiger partial charge is 0.458 e. The molecule has 28 heavy (non-hydrogen) atoms. The lowest BCUT2D eigenvalue weighted by molar-refractivity contribution is -0.145.